The molecule has 0 saturated heterocycles. The minimum Gasteiger partial charge on any atom is -0.467 e. The van der Waals surface area contributed by atoms with Gasteiger partial charge in [0, 0.05) is 18.8 Å². The van der Waals surface area contributed by atoms with Crippen LogP contribution in [0.1, 0.15) is 29.9 Å². The van der Waals surface area contributed by atoms with Gasteiger partial charge in [0.15, 0.2) is 5.11 Å². The number of nitrogens with zero attached hydrogens (tertiary/aromatic N) is 2. The largest absolute Gasteiger partial charge is 0.467 e. The molecule has 2 aromatic rings. The molecule has 0 aliphatic carbocycles. The first-order chi connectivity index (χ1) is 11.4. The molecule has 0 fully saturated rings. The van der Waals surface area contributed by atoms with E-state index in [4.69, 9.17) is 16.6 Å². The van der Waals surface area contributed by atoms with Gasteiger partial charge in [0.05, 0.1) is 12.3 Å². The van der Waals surface area contributed by atoms with E-state index in [1.807, 2.05) is 12.1 Å². The van der Waals surface area contributed by atoms with E-state index in [1.54, 1.807) is 6.26 Å². The average Bonchev–Trinajstić information content (AvgIpc) is 3.04. The minimum atomic E-state index is 0.0747. The second-order valence-corrected chi connectivity index (χ2v) is 6.82. The monoisotopic (exact) mass is 345 g/mol. The Labute approximate surface area is 150 Å². The predicted octanol–water partition coefficient (Wildman–Crippen LogP) is 4.22. The van der Waals surface area contributed by atoms with E-state index in [0.29, 0.717) is 5.11 Å². The van der Waals surface area contributed by atoms with E-state index in [1.165, 1.54) is 11.1 Å². The number of hydrogen-bond acceptors (Lipinski definition) is 3. The topological polar surface area (TPSA) is 31.6 Å². The molecule has 1 atom stereocenters. The van der Waals surface area contributed by atoms with Crippen LogP contribution in [0.3, 0.4) is 0 Å². The summed E-state index contributed by atoms with van der Waals surface area (Å²) in [5, 5.41) is 4.12. The van der Waals surface area contributed by atoms with Crippen LogP contribution in [0, 0.1) is 13.8 Å². The van der Waals surface area contributed by atoms with Gasteiger partial charge < -0.3 is 19.5 Å². The van der Waals surface area contributed by atoms with Crippen molar-refractivity contribution in [2.45, 2.75) is 26.8 Å². The Morgan fingerprint density at radius 1 is 1.21 bits per heavy atom. The number of rotatable bonds is 6. The van der Waals surface area contributed by atoms with Crippen LogP contribution < -0.4 is 5.32 Å². The highest BCUT2D eigenvalue weighted by molar-refractivity contribution is 7.80. The van der Waals surface area contributed by atoms with Crippen LogP contribution in [0.2, 0.25) is 0 Å². The number of likely N-dealkylation sites (N-methyl/N-ethyl adjacent to an activating group) is 1. The minimum absolute atomic E-state index is 0.0747. The lowest BCUT2D eigenvalue weighted by molar-refractivity contribution is 0.263. The van der Waals surface area contributed by atoms with Gasteiger partial charge in [0.25, 0.3) is 0 Å². The van der Waals surface area contributed by atoms with Crippen molar-refractivity contribution in [2.24, 2.45) is 0 Å². The van der Waals surface area contributed by atoms with Gasteiger partial charge in [-0.05, 0) is 70.8 Å². The van der Waals surface area contributed by atoms with E-state index < -0.39 is 0 Å². The number of benzene rings is 1. The number of furan rings is 1. The summed E-state index contributed by atoms with van der Waals surface area (Å²) in [6.45, 7) is 8.05. The Morgan fingerprint density at radius 2 is 1.96 bits per heavy atom. The molecule has 0 unspecified atom stereocenters. The highest BCUT2D eigenvalue weighted by atomic mass is 32.1. The molecule has 130 valence electrons. The van der Waals surface area contributed by atoms with Gasteiger partial charge in [-0.2, -0.15) is 0 Å². The zero-order chi connectivity index (χ0) is 17.7. The summed E-state index contributed by atoms with van der Waals surface area (Å²) in [6, 6.07) is 10.3. The molecular formula is C19H27N3OS. The zero-order valence-electron chi connectivity index (χ0n) is 15.2. The van der Waals surface area contributed by atoms with E-state index in [9.17, 15) is 0 Å². The fraction of sp³-hybridized carbons (Fsp3) is 0.421. The number of thiocarbonyl (C=S) groups is 1. The molecular weight excluding hydrogens is 318 g/mol. The molecule has 1 aromatic carbocycles. The van der Waals surface area contributed by atoms with Crippen LogP contribution in [-0.4, -0.2) is 42.1 Å². The molecule has 2 rings (SSSR count). The van der Waals surface area contributed by atoms with Crippen LogP contribution in [-0.2, 0) is 0 Å². The lowest BCUT2D eigenvalue weighted by atomic mass is 10.1. The number of nitrogens with one attached hydrogen (secondary N) is 1. The zero-order valence-corrected chi connectivity index (χ0v) is 16.0. The quantitative estimate of drug-likeness (QED) is 0.793. The van der Waals surface area contributed by atoms with Gasteiger partial charge in [-0.15, -0.1) is 0 Å². The highest BCUT2D eigenvalue weighted by Gasteiger charge is 2.21. The molecule has 0 radical (unpaired) electrons. The predicted molar refractivity (Wildman–Crippen MR) is 105 cm³/mol. The number of aryl methyl sites for hydroxylation is 2. The summed E-state index contributed by atoms with van der Waals surface area (Å²) in [5.41, 5.74) is 3.49. The van der Waals surface area contributed by atoms with Crippen LogP contribution in [0.5, 0.6) is 0 Å². The Hall–Kier alpha value is -1.85. The smallest absolute Gasteiger partial charge is 0.174 e. The van der Waals surface area contributed by atoms with Crippen LogP contribution in [0.15, 0.2) is 41.0 Å². The Balaban J connectivity index is 2.17. The van der Waals surface area contributed by atoms with Crippen LogP contribution >= 0.6 is 12.2 Å². The Bertz CT molecular complexity index is 667. The van der Waals surface area contributed by atoms with Crippen LogP contribution in [0.4, 0.5) is 5.69 Å². The average molecular weight is 346 g/mol. The molecule has 0 amide bonds. The molecule has 0 aliphatic heterocycles. The van der Waals surface area contributed by atoms with Gasteiger partial charge in [-0.1, -0.05) is 17.7 Å². The lowest BCUT2D eigenvalue weighted by Gasteiger charge is -2.32. The van der Waals surface area contributed by atoms with Crippen molar-refractivity contribution >= 4 is 23.0 Å². The lowest BCUT2D eigenvalue weighted by Crippen LogP contribution is -2.40. The maximum Gasteiger partial charge on any atom is 0.174 e. The molecule has 5 heteroatoms. The van der Waals surface area contributed by atoms with Crippen molar-refractivity contribution in [2.75, 3.05) is 32.5 Å². The first-order valence-corrected chi connectivity index (χ1v) is 8.62. The Kier molecular flexibility index (Phi) is 6.40. The SMILES string of the molecule is Cc1ccc(NC(=S)N(CCN(C)C)[C@@H](C)c2ccco2)c(C)c1. The van der Waals surface area contributed by atoms with Crippen molar-refractivity contribution in [3.05, 3.63) is 53.5 Å². The number of hydrogen-bond donors (Lipinski definition) is 1. The molecule has 1 heterocycles. The van der Waals surface area contributed by atoms with Crippen molar-refractivity contribution in [1.82, 2.24) is 9.80 Å². The first kappa shape index (κ1) is 18.5. The van der Waals surface area contributed by atoms with Crippen molar-refractivity contribution in [3.8, 4) is 0 Å². The second kappa shape index (κ2) is 8.31. The normalized spacial score (nSPS) is 12.2. The molecule has 1 N–H and O–H groups in total. The van der Waals surface area contributed by atoms with Gasteiger partial charge in [0.2, 0.25) is 0 Å². The van der Waals surface area contributed by atoms with E-state index in [0.717, 1.165) is 24.5 Å². The summed E-state index contributed by atoms with van der Waals surface area (Å²) < 4.78 is 5.58. The van der Waals surface area contributed by atoms with Gasteiger partial charge >= 0.3 is 0 Å². The third-order valence-electron chi connectivity index (χ3n) is 4.09. The molecule has 0 spiro atoms. The molecule has 0 saturated carbocycles. The van der Waals surface area contributed by atoms with E-state index >= 15 is 0 Å². The molecule has 4 nitrogen and oxygen atoms in total. The second-order valence-electron chi connectivity index (χ2n) is 6.44. The third-order valence-corrected chi connectivity index (χ3v) is 4.43. The highest BCUT2D eigenvalue weighted by Crippen LogP contribution is 2.23. The van der Waals surface area contributed by atoms with Gasteiger partial charge in [-0.3, -0.25) is 0 Å². The summed E-state index contributed by atoms with van der Waals surface area (Å²) in [4.78, 5) is 4.33. The third kappa shape index (κ3) is 4.82. The fourth-order valence-corrected chi connectivity index (χ4v) is 2.96. The maximum absolute atomic E-state index is 5.71. The molecule has 0 bridgehead atoms. The fourth-order valence-electron chi connectivity index (χ4n) is 2.60. The van der Waals surface area contributed by atoms with Crippen LogP contribution in [0.25, 0.3) is 0 Å². The van der Waals surface area contributed by atoms with Gasteiger partial charge in [-0.25, -0.2) is 0 Å². The first-order valence-electron chi connectivity index (χ1n) is 8.21. The van der Waals surface area contributed by atoms with Crippen molar-refractivity contribution in [1.29, 1.82) is 0 Å². The van der Waals surface area contributed by atoms with Crippen molar-refractivity contribution in [3.63, 3.8) is 0 Å². The molecule has 24 heavy (non-hydrogen) atoms. The summed E-state index contributed by atoms with van der Waals surface area (Å²) in [7, 11) is 4.13. The van der Waals surface area contributed by atoms with Gasteiger partial charge in [0.1, 0.15) is 5.76 Å². The Morgan fingerprint density at radius 3 is 2.54 bits per heavy atom. The summed E-state index contributed by atoms with van der Waals surface area (Å²) in [6.07, 6.45) is 1.70. The van der Waals surface area contributed by atoms with E-state index in [2.05, 4.69) is 68.2 Å². The van der Waals surface area contributed by atoms with Crippen molar-refractivity contribution < 1.29 is 4.42 Å². The number of anilines is 1. The van der Waals surface area contributed by atoms with E-state index in [-0.39, 0.29) is 6.04 Å². The summed E-state index contributed by atoms with van der Waals surface area (Å²) >= 11 is 5.71. The molecule has 0 aliphatic rings. The maximum atomic E-state index is 5.71. The summed E-state index contributed by atoms with van der Waals surface area (Å²) in [5.74, 6) is 0.915. The standard InChI is InChI=1S/C19H27N3OS/c1-14-8-9-17(15(2)13-14)20-19(24)22(11-10-21(4)5)16(3)18-7-6-12-23-18/h6-9,12-13,16H,10-11H2,1-5H3,(H,20,24)/t16-/m0/s1. The molecule has 1 aromatic heterocycles.